The molecule has 1 aliphatic heterocycles. The highest BCUT2D eigenvalue weighted by Gasteiger charge is 2.30. The van der Waals surface area contributed by atoms with Crippen molar-refractivity contribution in [2.75, 3.05) is 13.2 Å². The van der Waals surface area contributed by atoms with Gasteiger partial charge in [-0.25, -0.2) is 0 Å². The highest BCUT2D eigenvalue weighted by molar-refractivity contribution is 5.96. The Hall–Kier alpha value is -1.36. The molecule has 2 heterocycles. The van der Waals surface area contributed by atoms with E-state index < -0.39 is 0 Å². The topological polar surface area (TPSA) is 66.6 Å². The smallest absolute Gasteiger partial charge is 0.259 e. The van der Waals surface area contributed by atoms with Crippen LogP contribution in [0.2, 0.25) is 0 Å². The number of amides is 1. The molecule has 0 spiro atoms. The van der Waals surface area contributed by atoms with E-state index in [0.717, 1.165) is 19.3 Å². The van der Waals surface area contributed by atoms with Crippen LogP contribution in [0.3, 0.4) is 0 Å². The van der Waals surface area contributed by atoms with Gasteiger partial charge >= 0.3 is 0 Å². The SMILES string of the molecule is CCc1noc(C)c1C(=O)N1CCCCC1CO. The summed E-state index contributed by atoms with van der Waals surface area (Å²) in [5.74, 6) is 0.517. The first-order chi connectivity index (χ1) is 8.69. The minimum Gasteiger partial charge on any atom is -0.394 e. The van der Waals surface area contributed by atoms with Crippen LogP contribution < -0.4 is 0 Å². The van der Waals surface area contributed by atoms with Crippen LogP contribution in [0, 0.1) is 6.92 Å². The molecule has 100 valence electrons. The fourth-order valence-electron chi connectivity index (χ4n) is 2.53. The van der Waals surface area contributed by atoms with Crippen LogP contribution in [0.15, 0.2) is 4.52 Å². The number of rotatable bonds is 3. The number of aliphatic hydroxyl groups excluding tert-OH is 1. The van der Waals surface area contributed by atoms with E-state index in [1.165, 1.54) is 0 Å². The van der Waals surface area contributed by atoms with E-state index in [-0.39, 0.29) is 18.6 Å². The Morgan fingerprint density at radius 1 is 1.56 bits per heavy atom. The predicted octanol–water partition coefficient (Wildman–Crippen LogP) is 1.53. The monoisotopic (exact) mass is 252 g/mol. The molecule has 5 nitrogen and oxygen atoms in total. The maximum atomic E-state index is 12.5. The molecule has 1 aromatic heterocycles. The molecule has 1 aliphatic rings. The van der Waals surface area contributed by atoms with E-state index in [4.69, 9.17) is 4.52 Å². The first-order valence-corrected chi connectivity index (χ1v) is 6.56. The van der Waals surface area contributed by atoms with Crippen molar-refractivity contribution in [3.63, 3.8) is 0 Å². The molecule has 0 bridgehead atoms. The second-order valence-corrected chi connectivity index (χ2v) is 4.74. The molecule has 18 heavy (non-hydrogen) atoms. The van der Waals surface area contributed by atoms with Crippen LogP contribution in [0.25, 0.3) is 0 Å². The van der Waals surface area contributed by atoms with Crippen molar-refractivity contribution in [3.05, 3.63) is 17.0 Å². The van der Waals surface area contributed by atoms with E-state index in [9.17, 15) is 9.90 Å². The summed E-state index contributed by atoms with van der Waals surface area (Å²) in [5.41, 5.74) is 1.29. The molecule has 1 saturated heterocycles. The molecule has 1 aromatic rings. The molecule has 0 aliphatic carbocycles. The zero-order chi connectivity index (χ0) is 13.1. The van der Waals surface area contributed by atoms with Crippen LogP contribution in [-0.4, -0.2) is 40.3 Å². The molecule has 1 amide bonds. The summed E-state index contributed by atoms with van der Waals surface area (Å²) in [6.45, 7) is 4.44. The molecule has 1 fully saturated rings. The summed E-state index contributed by atoms with van der Waals surface area (Å²) in [4.78, 5) is 14.3. The van der Waals surface area contributed by atoms with E-state index in [1.54, 1.807) is 11.8 Å². The van der Waals surface area contributed by atoms with Crippen molar-refractivity contribution in [1.82, 2.24) is 10.1 Å². The fraction of sp³-hybridized carbons (Fsp3) is 0.692. The quantitative estimate of drug-likeness (QED) is 0.886. The average molecular weight is 252 g/mol. The maximum absolute atomic E-state index is 12.5. The van der Waals surface area contributed by atoms with Gasteiger partial charge in [-0.1, -0.05) is 12.1 Å². The number of nitrogens with zero attached hydrogens (tertiary/aromatic N) is 2. The van der Waals surface area contributed by atoms with Gasteiger partial charge in [0.05, 0.1) is 18.3 Å². The number of hydrogen-bond donors (Lipinski definition) is 1. The molecular formula is C13H20N2O3. The van der Waals surface area contributed by atoms with Gasteiger partial charge < -0.3 is 14.5 Å². The Labute approximate surface area is 107 Å². The van der Waals surface area contributed by atoms with Crippen LogP contribution in [0.4, 0.5) is 0 Å². The van der Waals surface area contributed by atoms with Crippen molar-refractivity contribution in [3.8, 4) is 0 Å². The summed E-state index contributed by atoms with van der Waals surface area (Å²) in [6, 6.07) is -0.0646. The second-order valence-electron chi connectivity index (χ2n) is 4.74. The number of piperidine rings is 1. The lowest BCUT2D eigenvalue weighted by atomic mass is 10.0. The summed E-state index contributed by atoms with van der Waals surface area (Å²) in [6.07, 6.45) is 3.61. The third-order valence-corrected chi connectivity index (χ3v) is 3.58. The molecule has 5 heteroatoms. The lowest BCUT2D eigenvalue weighted by Crippen LogP contribution is -2.46. The number of hydrogen-bond acceptors (Lipinski definition) is 4. The van der Waals surface area contributed by atoms with Crippen LogP contribution >= 0.6 is 0 Å². The lowest BCUT2D eigenvalue weighted by Gasteiger charge is -2.34. The highest BCUT2D eigenvalue weighted by Crippen LogP contribution is 2.23. The van der Waals surface area contributed by atoms with E-state index >= 15 is 0 Å². The van der Waals surface area contributed by atoms with Crippen molar-refractivity contribution in [2.24, 2.45) is 0 Å². The zero-order valence-corrected chi connectivity index (χ0v) is 11.0. The summed E-state index contributed by atoms with van der Waals surface area (Å²) in [5, 5.41) is 13.3. The number of carbonyl (C=O) groups is 1. The maximum Gasteiger partial charge on any atom is 0.259 e. The van der Waals surface area contributed by atoms with Gasteiger partial charge in [0.15, 0.2) is 0 Å². The Kier molecular flexibility index (Phi) is 4.01. The van der Waals surface area contributed by atoms with E-state index in [0.29, 0.717) is 30.0 Å². The summed E-state index contributed by atoms with van der Waals surface area (Å²) >= 11 is 0. The average Bonchev–Trinajstić information content (AvgIpc) is 2.79. The number of aryl methyl sites for hydroxylation is 2. The number of aromatic nitrogens is 1. The largest absolute Gasteiger partial charge is 0.394 e. The minimum atomic E-state index is -0.0646. The van der Waals surface area contributed by atoms with Crippen LogP contribution in [-0.2, 0) is 6.42 Å². The van der Waals surface area contributed by atoms with Crippen molar-refractivity contribution in [1.29, 1.82) is 0 Å². The van der Waals surface area contributed by atoms with Gasteiger partial charge in [0.1, 0.15) is 11.3 Å². The van der Waals surface area contributed by atoms with Crippen LogP contribution in [0.5, 0.6) is 0 Å². The Morgan fingerprint density at radius 3 is 3.00 bits per heavy atom. The first kappa shape index (κ1) is 13.1. The van der Waals surface area contributed by atoms with Crippen LogP contribution in [0.1, 0.15) is 48.0 Å². The standard InChI is InChI=1S/C13H20N2O3/c1-3-11-12(9(2)18-14-11)13(17)15-7-5-4-6-10(15)8-16/h10,16H,3-8H2,1-2H3. The van der Waals surface area contributed by atoms with Gasteiger partial charge in [0.2, 0.25) is 0 Å². The van der Waals surface area contributed by atoms with E-state index in [2.05, 4.69) is 5.16 Å². The first-order valence-electron chi connectivity index (χ1n) is 6.56. The molecule has 1 unspecified atom stereocenters. The number of aliphatic hydroxyl groups is 1. The molecule has 0 saturated carbocycles. The van der Waals surface area contributed by atoms with Crippen molar-refractivity contribution >= 4 is 5.91 Å². The Balaban J connectivity index is 2.26. The predicted molar refractivity (Wildman–Crippen MR) is 66.4 cm³/mol. The minimum absolute atomic E-state index is 0.0253. The van der Waals surface area contributed by atoms with Gasteiger partial charge in [0.25, 0.3) is 5.91 Å². The molecule has 0 aromatic carbocycles. The summed E-state index contributed by atoms with van der Waals surface area (Å²) < 4.78 is 5.11. The Bertz CT molecular complexity index is 428. The third-order valence-electron chi connectivity index (χ3n) is 3.58. The molecular weight excluding hydrogens is 232 g/mol. The highest BCUT2D eigenvalue weighted by atomic mass is 16.5. The fourth-order valence-corrected chi connectivity index (χ4v) is 2.53. The molecule has 0 radical (unpaired) electrons. The van der Waals surface area contributed by atoms with Crippen molar-refractivity contribution < 1.29 is 14.4 Å². The molecule has 2 rings (SSSR count). The second kappa shape index (κ2) is 5.52. The Morgan fingerprint density at radius 2 is 2.33 bits per heavy atom. The van der Waals surface area contributed by atoms with Gasteiger partial charge in [0, 0.05) is 6.54 Å². The van der Waals surface area contributed by atoms with Gasteiger partial charge in [-0.05, 0) is 32.6 Å². The van der Waals surface area contributed by atoms with E-state index in [1.807, 2.05) is 6.92 Å². The molecule has 1 N–H and O–H groups in total. The normalized spacial score (nSPS) is 20.2. The third kappa shape index (κ3) is 2.27. The summed E-state index contributed by atoms with van der Waals surface area (Å²) in [7, 11) is 0. The van der Waals surface area contributed by atoms with Gasteiger partial charge in [-0.2, -0.15) is 0 Å². The van der Waals surface area contributed by atoms with Gasteiger partial charge in [-0.15, -0.1) is 0 Å². The van der Waals surface area contributed by atoms with Crippen molar-refractivity contribution in [2.45, 2.75) is 45.6 Å². The number of carbonyl (C=O) groups excluding carboxylic acids is 1. The van der Waals surface area contributed by atoms with Gasteiger partial charge in [-0.3, -0.25) is 4.79 Å². The zero-order valence-electron chi connectivity index (χ0n) is 11.0. The molecule has 1 atom stereocenters. The lowest BCUT2D eigenvalue weighted by molar-refractivity contribution is 0.0500. The number of likely N-dealkylation sites (tertiary alicyclic amines) is 1.